The van der Waals surface area contributed by atoms with E-state index in [2.05, 4.69) is 20.8 Å². The summed E-state index contributed by atoms with van der Waals surface area (Å²) in [6.45, 7) is 0. The van der Waals surface area contributed by atoms with Crippen LogP contribution in [0.5, 0.6) is 0 Å². The van der Waals surface area contributed by atoms with Crippen molar-refractivity contribution in [3.63, 3.8) is 0 Å². The lowest BCUT2D eigenvalue weighted by molar-refractivity contribution is -0.125. The lowest BCUT2D eigenvalue weighted by Crippen LogP contribution is -2.36. The van der Waals surface area contributed by atoms with Crippen molar-refractivity contribution in [1.82, 2.24) is 14.8 Å². The molecular weight excluding hydrogens is 364 g/mol. The highest BCUT2D eigenvalue weighted by atomic mass is 32.1. The Kier molecular flexibility index (Phi) is 3.96. The zero-order valence-electron chi connectivity index (χ0n) is 13.1. The summed E-state index contributed by atoms with van der Waals surface area (Å²) in [5.74, 6) is -2.47. The fraction of sp³-hybridized carbons (Fsp3) is 0.125. The molecule has 3 heterocycles. The third-order valence-corrected chi connectivity index (χ3v) is 4.76. The van der Waals surface area contributed by atoms with Crippen molar-refractivity contribution in [2.24, 2.45) is 0 Å². The second-order valence-electron chi connectivity index (χ2n) is 5.55. The first-order chi connectivity index (χ1) is 12.5. The topological polar surface area (TPSA) is 88.9 Å². The van der Waals surface area contributed by atoms with E-state index in [1.165, 1.54) is 22.0 Å². The van der Waals surface area contributed by atoms with Gasteiger partial charge in [0, 0.05) is 0 Å². The van der Waals surface area contributed by atoms with E-state index in [1.54, 1.807) is 6.07 Å². The van der Waals surface area contributed by atoms with Crippen LogP contribution in [0.15, 0.2) is 35.7 Å². The molecule has 7 nitrogen and oxygen atoms in total. The molecule has 1 aromatic carbocycles. The number of aromatic nitrogens is 3. The van der Waals surface area contributed by atoms with E-state index in [-0.39, 0.29) is 12.4 Å². The molecule has 1 aliphatic rings. The van der Waals surface area contributed by atoms with Crippen molar-refractivity contribution >= 4 is 34.8 Å². The van der Waals surface area contributed by atoms with Gasteiger partial charge >= 0.3 is 0 Å². The average molecular weight is 375 g/mol. The quantitative estimate of drug-likeness (QED) is 0.737. The second kappa shape index (κ2) is 6.30. The van der Waals surface area contributed by atoms with Crippen molar-refractivity contribution < 1.29 is 18.4 Å². The highest BCUT2D eigenvalue weighted by Crippen LogP contribution is 2.33. The molecule has 1 unspecified atom stereocenters. The van der Waals surface area contributed by atoms with Crippen LogP contribution in [0, 0.1) is 11.6 Å². The van der Waals surface area contributed by atoms with Crippen LogP contribution in [0.1, 0.15) is 12.5 Å². The second-order valence-corrected chi connectivity index (χ2v) is 6.50. The van der Waals surface area contributed by atoms with Crippen LogP contribution in [0.4, 0.5) is 20.4 Å². The van der Waals surface area contributed by atoms with Crippen molar-refractivity contribution in [2.75, 3.05) is 10.6 Å². The number of carbonyl (C=O) groups excluding carboxylic acids is 2. The van der Waals surface area contributed by atoms with Crippen molar-refractivity contribution in [3.8, 4) is 10.7 Å². The molecule has 0 fully saturated rings. The molecule has 2 N–H and O–H groups in total. The first-order valence-electron chi connectivity index (χ1n) is 7.58. The molecule has 4 rings (SSSR count). The van der Waals surface area contributed by atoms with Gasteiger partial charge in [0.1, 0.15) is 23.4 Å². The minimum absolute atomic E-state index is 0.110. The molecule has 3 aromatic rings. The van der Waals surface area contributed by atoms with Crippen molar-refractivity contribution in [3.05, 3.63) is 47.3 Å². The Morgan fingerprint density at radius 1 is 1.23 bits per heavy atom. The number of hydrogen-bond donors (Lipinski definition) is 2. The molecule has 0 spiro atoms. The van der Waals surface area contributed by atoms with E-state index < -0.39 is 35.2 Å². The van der Waals surface area contributed by atoms with Gasteiger partial charge in [0.05, 0.1) is 11.3 Å². The van der Waals surface area contributed by atoms with Crippen LogP contribution in [-0.4, -0.2) is 26.6 Å². The van der Waals surface area contributed by atoms with E-state index in [1.807, 2.05) is 11.4 Å². The van der Waals surface area contributed by atoms with E-state index in [0.29, 0.717) is 5.82 Å². The number of amides is 2. The third kappa shape index (κ3) is 2.73. The fourth-order valence-corrected chi connectivity index (χ4v) is 3.43. The van der Waals surface area contributed by atoms with Gasteiger partial charge in [-0.1, -0.05) is 12.1 Å². The van der Waals surface area contributed by atoms with Gasteiger partial charge in [0.25, 0.3) is 0 Å². The summed E-state index contributed by atoms with van der Waals surface area (Å²) in [6.07, 6.45) is -0.203. The SMILES string of the molecule is O=C1CC(C(=O)Nc2c(F)cccc2F)n2c(nnc2-c2cccs2)N1. The Labute approximate surface area is 149 Å². The maximum Gasteiger partial charge on any atom is 0.248 e. The number of hydrogen-bond acceptors (Lipinski definition) is 5. The first-order valence-corrected chi connectivity index (χ1v) is 8.46. The van der Waals surface area contributed by atoms with E-state index >= 15 is 0 Å². The van der Waals surface area contributed by atoms with E-state index in [0.717, 1.165) is 17.0 Å². The van der Waals surface area contributed by atoms with E-state index in [4.69, 9.17) is 0 Å². The van der Waals surface area contributed by atoms with Gasteiger partial charge in [-0.05, 0) is 23.6 Å². The third-order valence-electron chi connectivity index (χ3n) is 3.89. The number of carbonyl (C=O) groups is 2. The molecule has 10 heteroatoms. The average Bonchev–Trinajstić information content (AvgIpc) is 3.26. The summed E-state index contributed by atoms with van der Waals surface area (Å²) >= 11 is 1.39. The number of nitrogens with zero attached hydrogens (tertiary/aromatic N) is 3. The molecular formula is C16H11F2N5O2S. The number of thiophene rings is 1. The Balaban J connectivity index is 1.73. The maximum atomic E-state index is 13.8. The maximum absolute atomic E-state index is 13.8. The number of anilines is 2. The normalized spacial score (nSPS) is 16.1. The van der Waals surface area contributed by atoms with Crippen LogP contribution >= 0.6 is 11.3 Å². The van der Waals surface area contributed by atoms with Crippen LogP contribution in [0.25, 0.3) is 10.7 Å². The summed E-state index contributed by atoms with van der Waals surface area (Å²) in [7, 11) is 0. The molecule has 1 atom stereocenters. The predicted molar refractivity (Wildman–Crippen MR) is 90.6 cm³/mol. The van der Waals surface area contributed by atoms with Gasteiger partial charge in [-0.15, -0.1) is 21.5 Å². The molecule has 0 saturated carbocycles. The Morgan fingerprint density at radius 3 is 2.69 bits per heavy atom. The lowest BCUT2D eigenvalue weighted by Gasteiger charge is -2.25. The summed E-state index contributed by atoms with van der Waals surface area (Å²) in [5, 5.41) is 14.5. The molecule has 1 aliphatic heterocycles. The minimum Gasteiger partial charge on any atom is -0.319 e. The minimum atomic E-state index is -1.04. The highest BCUT2D eigenvalue weighted by Gasteiger charge is 2.35. The predicted octanol–water partition coefficient (Wildman–Crippen LogP) is 2.81. The van der Waals surface area contributed by atoms with Gasteiger partial charge in [-0.3, -0.25) is 19.5 Å². The van der Waals surface area contributed by atoms with Gasteiger partial charge in [-0.2, -0.15) is 0 Å². The molecule has 2 amide bonds. The molecule has 0 saturated heterocycles. The van der Waals surface area contributed by atoms with Gasteiger partial charge < -0.3 is 5.32 Å². The zero-order valence-corrected chi connectivity index (χ0v) is 13.9. The number of benzene rings is 1. The Hall–Kier alpha value is -3.14. The molecule has 132 valence electrons. The number of halogens is 2. The molecule has 26 heavy (non-hydrogen) atoms. The van der Waals surface area contributed by atoms with E-state index in [9.17, 15) is 18.4 Å². The summed E-state index contributed by atoms with van der Waals surface area (Å²) in [4.78, 5) is 25.4. The lowest BCUT2D eigenvalue weighted by atomic mass is 10.1. The van der Waals surface area contributed by atoms with Crippen molar-refractivity contribution in [2.45, 2.75) is 12.5 Å². The molecule has 0 aliphatic carbocycles. The Morgan fingerprint density at radius 2 is 2.00 bits per heavy atom. The highest BCUT2D eigenvalue weighted by molar-refractivity contribution is 7.13. The largest absolute Gasteiger partial charge is 0.319 e. The number of nitrogens with one attached hydrogen (secondary N) is 2. The van der Waals surface area contributed by atoms with Crippen LogP contribution in [0.2, 0.25) is 0 Å². The number of para-hydroxylation sites is 1. The monoisotopic (exact) mass is 375 g/mol. The molecule has 2 aromatic heterocycles. The van der Waals surface area contributed by atoms with Crippen LogP contribution in [0.3, 0.4) is 0 Å². The fourth-order valence-electron chi connectivity index (χ4n) is 2.72. The standard InChI is InChI=1S/C16H11F2N5O2S/c17-8-3-1-4-9(18)13(8)20-15(25)10-7-12(24)19-16-22-21-14(23(10)16)11-5-2-6-26-11/h1-6,10H,7H2,(H,20,25)(H,19,22,24). The Bertz CT molecular complexity index is 982. The van der Waals surface area contributed by atoms with Crippen LogP contribution < -0.4 is 10.6 Å². The summed E-state index contributed by atoms with van der Waals surface area (Å²) in [6, 6.07) is 5.84. The van der Waals surface area contributed by atoms with Crippen molar-refractivity contribution in [1.29, 1.82) is 0 Å². The van der Waals surface area contributed by atoms with Gasteiger partial charge in [0.15, 0.2) is 5.82 Å². The summed E-state index contributed by atoms with van der Waals surface area (Å²) in [5.41, 5.74) is -0.559. The van der Waals surface area contributed by atoms with Crippen LogP contribution in [-0.2, 0) is 9.59 Å². The van der Waals surface area contributed by atoms with Gasteiger partial charge in [-0.25, -0.2) is 8.78 Å². The molecule has 0 bridgehead atoms. The summed E-state index contributed by atoms with van der Waals surface area (Å²) < 4.78 is 29.1. The first kappa shape index (κ1) is 16.3. The number of rotatable bonds is 3. The molecule has 0 radical (unpaired) electrons. The zero-order chi connectivity index (χ0) is 18.3. The van der Waals surface area contributed by atoms with Gasteiger partial charge in [0.2, 0.25) is 17.8 Å². The number of fused-ring (bicyclic) bond motifs is 1. The smallest absolute Gasteiger partial charge is 0.248 e.